The van der Waals surface area contributed by atoms with Gasteiger partial charge in [-0.15, -0.1) is 0 Å². The topological polar surface area (TPSA) is 35.2 Å². The Labute approximate surface area is 87.1 Å². The van der Waals surface area contributed by atoms with Gasteiger partial charge in [0.25, 0.3) is 0 Å². The summed E-state index contributed by atoms with van der Waals surface area (Å²) in [5.41, 5.74) is 7.12. The molecule has 0 unspecified atom stereocenters. The van der Waals surface area contributed by atoms with Crippen molar-refractivity contribution in [2.24, 2.45) is 5.73 Å². The highest BCUT2D eigenvalue weighted by Gasteiger charge is 2.18. The van der Waals surface area contributed by atoms with Crippen molar-refractivity contribution in [3.05, 3.63) is 29.8 Å². The maximum Gasteiger partial charge on any atom is 0.118 e. The van der Waals surface area contributed by atoms with Crippen LogP contribution in [0.25, 0.3) is 0 Å². The summed E-state index contributed by atoms with van der Waals surface area (Å²) in [6.45, 7) is 4.63. The van der Waals surface area contributed by atoms with Gasteiger partial charge >= 0.3 is 0 Å². The molecule has 0 aliphatic rings. The third-order valence-electron chi connectivity index (χ3n) is 2.39. The molecule has 0 spiro atoms. The highest BCUT2D eigenvalue weighted by Crippen LogP contribution is 2.15. The van der Waals surface area contributed by atoms with Crippen LogP contribution in [0.15, 0.2) is 24.3 Å². The lowest BCUT2D eigenvalue weighted by atomic mass is 10.2. The molecule has 0 aromatic heterocycles. The molecule has 1 aromatic carbocycles. The van der Waals surface area contributed by atoms with Gasteiger partial charge in [-0.05, 0) is 24.3 Å². The monoisotopic (exact) mass is 209 g/mol. The first-order valence-electron chi connectivity index (χ1n) is 4.90. The number of ether oxygens (including phenoxy) is 1. The zero-order valence-corrected chi connectivity index (χ0v) is 10.2. The van der Waals surface area contributed by atoms with Crippen molar-refractivity contribution in [3.8, 4) is 5.75 Å². The molecule has 78 valence electrons. The maximum absolute atomic E-state index is 5.75. The van der Waals surface area contributed by atoms with Crippen LogP contribution in [-0.2, 0) is 6.04 Å². The summed E-state index contributed by atoms with van der Waals surface area (Å²) in [7, 11) is 0.479. The molecular weight excluding hydrogens is 190 g/mol. The van der Waals surface area contributed by atoms with Gasteiger partial charge in [0.1, 0.15) is 5.75 Å². The van der Waals surface area contributed by atoms with Crippen LogP contribution in [0.2, 0.25) is 13.1 Å². The molecule has 3 heteroatoms. The largest absolute Gasteiger partial charge is 0.497 e. The molecule has 0 aliphatic heterocycles. The molecule has 0 atom stereocenters. The van der Waals surface area contributed by atoms with Crippen LogP contribution >= 0.6 is 0 Å². The Morgan fingerprint density at radius 3 is 2.21 bits per heavy atom. The lowest BCUT2D eigenvalue weighted by Crippen LogP contribution is -2.39. The van der Waals surface area contributed by atoms with E-state index in [2.05, 4.69) is 25.2 Å². The highest BCUT2D eigenvalue weighted by molar-refractivity contribution is 6.77. The zero-order chi connectivity index (χ0) is 10.6. The van der Waals surface area contributed by atoms with Gasteiger partial charge in [0.05, 0.1) is 15.2 Å². The van der Waals surface area contributed by atoms with Gasteiger partial charge in [0.2, 0.25) is 0 Å². The Morgan fingerprint density at radius 2 is 1.79 bits per heavy atom. The Morgan fingerprint density at radius 1 is 1.21 bits per heavy atom. The summed E-state index contributed by atoms with van der Waals surface area (Å²) in [4.78, 5) is 0. The number of nitrogens with two attached hydrogens (primary N) is 1. The van der Waals surface area contributed by atoms with Crippen molar-refractivity contribution < 1.29 is 4.74 Å². The fourth-order valence-electron chi connectivity index (χ4n) is 1.37. The minimum Gasteiger partial charge on any atom is -0.497 e. The molecule has 0 aliphatic carbocycles. The number of methoxy groups -OCH3 is 1. The van der Waals surface area contributed by atoms with Crippen molar-refractivity contribution in [3.63, 3.8) is 0 Å². The Hall–Kier alpha value is -0.803. The van der Waals surface area contributed by atoms with Crippen molar-refractivity contribution in [2.45, 2.75) is 19.1 Å². The van der Waals surface area contributed by atoms with Gasteiger partial charge in [-0.3, -0.25) is 0 Å². The molecule has 0 fully saturated rings. The Bertz CT molecular complexity index is 282. The van der Waals surface area contributed by atoms with E-state index in [0.717, 1.165) is 18.0 Å². The van der Waals surface area contributed by atoms with Gasteiger partial charge in [-0.1, -0.05) is 30.8 Å². The molecule has 14 heavy (non-hydrogen) atoms. The Balaban J connectivity index is 2.69. The van der Waals surface area contributed by atoms with Crippen LogP contribution in [0.5, 0.6) is 5.75 Å². The van der Waals surface area contributed by atoms with Crippen molar-refractivity contribution in [2.75, 3.05) is 13.3 Å². The summed E-state index contributed by atoms with van der Waals surface area (Å²) in [5.74, 6) is 0.918. The van der Waals surface area contributed by atoms with Gasteiger partial charge in [0.15, 0.2) is 0 Å². The summed E-state index contributed by atoms with van der Waals surface area (Å²) < 4.78 is 5.11. The van der Waals surface area contributed by atoms with E-state index in [1.807, 2.05) is 12.1 Å². The number of rotatable bonds is 4. The summed E-state index contributed by atoms with van der Waals surface area (Å²) in [6, 6.07) is 9.42. The van der Waals surface area contributed by atoms with Crippen molar-refractivity contribution in [1.82, 2.24) is 0 Å². The molecule has 2 N–H and O–H groups in total. The molecule has 2 nitrogen and oxygen atoms in total. The smallest absolute Gasteiger partial charge is 0.118 e. The van der Waals surface area contributed by atoms with E-state index in [0.29, 0.717) is 0 Å². The molecule has 0 saturated carbocycles. The SMILES string of the molecule is COc1ccc(C[Si](C)(C)CN)cc1. The quantitative estimate of drug-likeness (QED) is 0.770. The van der Waals surface area contributed by atoms with Crippen LogP contribution < -0.4 is 10.5 Å². The second-order valence-corrected chi connectivity index (χ2v) is 9.48. The van der Waals surface area contributed by atoms with E-state index < -0.39 is 8.07 Å². The zero-order valence-electron chi connectivity index (χ0n) is 9.21. The van der Waals surface area contributed by atoms with Crippen LogP contribution in [0.4, 0.5) is 0 Å². The molecule has 0 radical (unpaired) electrons. The lowest BCUT2D eigenvalue weighted by molar-refractivity contribution is 0.414. The Kier molecular flexibility index (Phi) is 3.72. The molecular formula is C11H19NOSi. The molecule has 0 bridgehead atoms. The normalized spacial score (nSPS) is 11.4. The van der Waals surface area contributed by atoms with E-state index >= 15 is 0 Å². The number of hydrogen-bond acceptors (Lipinski definition) is 2. The van der Waals surface area contributed by atoms with Gasteiger partial charge in [-0.25, -0.2) is 0 Å². The summed E-state index contributed by atoms with van der Waals surface area (Å²) in [6.07, 6.45) is 0.846. The van der Waals surface area contributed by atoms with Gasteiger partial charge < -0.3 is 10.5 Å². The van der Waals surface area contributed by atoms with E-state index in [4.69, 9.17) is 10.5 Å². The van der Waals surface area contributed by atoms with Crippen molar-refractivity contribution in [1.29, 1.82) is 0 Å². The maximum atomic E-state index is 5.75. The standard InChI is InChI=1S/C11H19NOSi/c1-13-11-6-4-10(5-7-11)8-14(2,3)9-12/h4-7H,8-9,12H2,1-3H3. The van der Waals surface area contributed by atoms with E-state index in [9.17, 15) is 0 Å². The molecule has 1 aromatic rings. The second kappa shape index (κ2) is 4.62. The first kappa shape index (κ1) is 11.3. The van der Waals surface area contributed by atoms with Gasteiger partial charge in [-0.2, -0.15) is 0 Å². The fraction of sp³-hybridized carbons (Fsp3) is 0.455. The first-order valence-corrected chi connectivity index (χ1v) is 8.32. The van der Waals surface area contributed by atoms with Crippen LogP contribution in [0, 0.1) is 0 Å². The third-order valence-corrected chi connectivity index (χ3v) is 4.86. The first-order chi connectivity index (χ1) is 6.57. The minimum absolute atomic E-state index is 0.846. The minimum atomic E-state index is -1.21. The predicted octanol–water partition coefficient (Wildman–Crippen LogP) is 1.98. The van der Waals surface area contributed by atoms with Crippen LogP contribution in [-0.4, -0.2) is 21.4 Å². The fourth-order valence-corrected chi connectivity index (χ4v) is 2.85. The van der Waals surface area contributed by atoms with Crippen molar-refractivity contribution >= 4 is 8.07 Å². The second-order valence-electron chi connectivity index (χ2n) is 4.39. The molecule has 1 rings (SSSR count). The average Bonchev–Trinajstić information content (AvgIpc) is 2.19. The highest BCUT2D eigenvalue weighted by atomic mass is 28.3. The summed E-state index contributed by atoms with van der Waals surface area (Å²) in [5, 5.41) is 0. The molecule has 0 saturated heterocycles. The predicted molar refractivity (Wildman–Crippen MR) is 63.2 cm³/mol. The number of benzene rings is 1. The average molecular weight is 209 g/mol. The van der Waals surface area contributed by atoms with E-state index in [-0.39, 0.29) is 0 Å². The van der Waals surface area contributed by atoms with E-state index in [1.54, 1.807) is 7.11 Å². The van der Waals surface area contributed by atoms with Gasteiger partial charge in [0, 0.05) is 0 Å². The summed E-state index contributed by atoms with van der Waals surface area (Å²) >= 11 is 0. The van der Waals surface area contributed by atoms with Crippen LogP contribution in [0.3, 0.4) is 0 Å². The van der Waals surface area contributed by atoms with Crippen LogP contribution in [0.1, 0.15) is 5.56 Å². The number of hydrogen-bond donors (Lipinski definition) is 1. The molecule has 0 amide bonds. The third kappa shape index (κ3) is 3.16. The lowest BCUT2D eigenvalue weighted by Gasteiger charge is -2.19. The molecule has 0 heterocycles. The van der Waals surface area contributed by atoms with E-state index in [1.165, 1.54) is 5.56 Å².